The average molecular weight is 344 g/mol. The summed E-state index contributed by atoms with van der Waals surface area (Å²) in [5.41, 5.74) is 0.401. The first kappa shape index (κ1) is 17.1. The fourth-order valence-corrected chi connectivity index (χ4v) is 2.60. The Labute approximate surface area is 144 Å². The molecule has 0 unspecified atom stereocenters. The Kier molecular flexibility index (Phi) is 5.73. The number of hydrogen-bond acceptors (Lipinski definition) is 6. The Hall–Kier alpha value is -2.74. The van der Waals surface area contributed by atoms with Crippen LogP contribution in [0.1, 0.15) is 18.5 Å². The van der Waals surface area contributed by atoms with Crippen LogP contribution < -0.4 is 15.6 Å². The molecule has 0 saturated carbocycles. The van der Waals surface area contributed by atoms with Crippen molar-refractivity contribution in [3.05, 3.63) is 52.6 Å². The van der Waals surface area contributed by atoms with E-state index in [1.165, 1.54) is 6.07 Å². The number of amides is 1. The molecule has 1 aliphatic rings. The first-order valence-electron chi connectivity index (χ1n) is 8.20. The van der Waals surface area contributed by atoms with Gasteiger partial charge in [0.1, 0.15) is 6.10 Å². The molecular formula is C17H20N4O4. The van der Waals surface area contributed by atoms with Gasteiger partial charge in [-0.3, -0.25) is 9.59 Å². The molecule has 1 saturated heterocycles. The van der Waals surface area contributed by atoms with Crippen LogP contribution in [0.2, 0.25) is 0 Å². The van der Waals surface area contributed by atoms with Gasteiger partial charge in [-0.05, 0) is 12.1 Å². The molecule has 3 heterocycles. The number of aromatic nitrogens is 3. The summed E-state index contributed by atoms with van der Waals surface area (Å²) >= 11 is 0. The zero-order valence-electron chi connectivity index (χ0n) is 13.7. The van der Waals surface area contributed by atoms with Gasteiger partial charge in [0.05, 0.1) is 24.9 Å². The van der Waals surface area contributed by atoms with Gasteiger partial charge in [-0.1, -0.05) is 6.07 Å². The lowest BCUT2D eigenvalue weighted by atomic mass is 10.1. The van der Waals surface area contributed by atoms with Gasteiger partial charge in [-0.15, -0.1) is 0 Å². The fraction of sp³-hybridized carbons (Fsp3) is 0.412. The van der Waals surface area contributed by atoms with E-state index in [-0.39, 0.29) is 30.0 Å². The number of nitrogens with zero attached hydrogens (tertiary/aromatic N) is 2. The predicted octanol–water partition coefficient (Wildman–Crippen LogP) is 0.450. The van der Waals surface area contributed by atoms with Crippen molar-refractivity contribution in [2.24, 2.45) is 0 Å². The van der Waals surface area contributed by atoms with E-state index in [1.54, 1.807) is 18.3 Å². The molecule has 1 aliphatic heterocycles. The normalized spacial score (nSPS) is 20.0. The van der Waals surface area contributed by atoms with Crippen LogP contribution in [0.25, 0.3) is 0 Å². The van der Waals surface area contributed by atoms with Gasteiger partial charge < -0.3 is 14.8 Å². The molecule has 2 aromatic heterocycles. The third-order valence-electron chi connectivity index (χ3n) is 3.89. The maximum absolute atomic E-state index is 12.2. The molecule has 2 atom stereocenters. The molecule has 0 bridgehead atoms. The largest absolute Gasteiger partial charge is 0.472 e. The number of aryl methyl sites for hydroxylation is 1. The van der Waals surface area contributed by atoms with Crippen molar-refractivity contribution in [2.75, 3.05) is 13.2 Å². The standard InChI is InChI=1S/C17H20N4O4/c22-15(6-4-12-5-7-16(23)21-20-12)19-13-11-24-10-8-14(13)25-17-3-1-2-9-18-17/h1-3,5,7,9,13-14H,4,6,8,10-11H2,(H,19,22)(H,21,23)/t13-,14-/m0/s1. The number of pyridine rings is 1. The summed E-state index contributed by atoms with van der Waals surface area (Å²) in [7, 11) is 0. The molecule has 25 heavy (non-hydrogen) atoms. The Balaban J connectivity index is 1.52. The van der Waals surface area contributed by atoms with Gasteiger partial charge in [0.25, 0.3) is 5.56 Å². The summed E-state index contributed by atoms with van der Waals surface area (Å²) in [6.07, 6.45) is 2.88. The quantitative estimate of drug-likeness (QED) is 0.788. The van der Waals surface area contributed by atoms with Crippen LogP contribution in [0.15, 0.2) is 41.3 Å². The average Bonchev–Trinajstić information content (AvgIpc) is 2.64. The summed E-state index contributed by atoms with van der Waals surface area (Å²) in [5, 5.41) is 9.20. The molecule has 2 aromatic rings. The van der Waals surface area contributed by atoms with E-state index in [0.29, 0.717) is 37.6 Å². The van der Waals surface area contributed by atoms with Crippen LogP contribution in [0, 0.1) is 0 Å². The number of H-pyrrole nitrogens is 1. The fourth-order valence-electron chi connectivity index (χ4n) is 2.60. The molecular weight excluding hydrogens is 324 g/mol. The highest BCUT2D eigenvalue weighted by Gasteiger charge is 2.29. The van der Waals surface area contributed by atoms with Crippen LogP contribution in [0.3, 0.4) is 0 Å². The molecule has 0 aromatic carbocycles. The van der Waals surface area contributed by atoms with Crippen LogP contribution in [-0.4, -0.2) is 46.4 Å². The van der Waals surface area contributed by atoms with Gasteiger partial charge in [0.15, 0.2) is 0 Å². The van der Waals surface area contributed by atoms with Gasteiger partial charge >= 0.3 is 0 Å². The van der Waals surface area contributed by atoms with E-state index >= 15 is 0 Å². The molecule has 132 valence electrons. The first-order chi connectivity index (χ1) is 12.2. The Morgan fingerprint density at radius 1 is 1.36 bits per heavy atom. The minimum Gasteiger partial charge on any atom is -0.472 e. The third-order valence-corrected chi connectivity index (χ3v) is 3.89. The van der Waals surface area contributed by atoms with Gasteiger partial charge in [-0.25, -0.2) is 10.1 Å². The number of hydrogen-bond donors (Lipinski definition) is 2. The van der Waals surface area contributed by atoms with Crippen molar-refractivity contribution in [3.63, 3.8) is 0 Å². The lowest BCUT2D eigenvalue weighted by molar-refractivity contribution is -0.124. The van der Waals surface area contributed by atoms with Crippen LogP contribution in [-0.2, 0) is 16.0 Å². The Morgan fingerprint density at radius 3 is 3.04 bits per heavy atom. The van der Waals surface area contributed by atoms with Crippen molar-refractivity contribution in [1.29, 1.82) is 0 Å². The van der Waals surface area contributed by atoms with Crippen molar-refractivity contribution >= 4 is 5.91 Å². The van der Waals surface area contributed by atoms with Crippen molar-refractivity contribution in [3.8, 4) is 5.88 Å². The zero-order valence-corrected chi connectivity index (χ0v) is 13.7. The number of aromatic amines is 1. The SMILES string of the molecule is O=C(CCc1ccc(=O)[nH]n1)N[C@H]1COCC[C@@H]1Oc1ccccn1. The van der Waals surface area contributed by atoms with Gasteiger partial charge in [0, 0.05) is 37.6 Å². The number of rotatable bonds is 6. The summed E-state index contributed by atoms with van der Waals surface area (Å²) in [6, 6.07) is 8.24. The smallest absolute Gasteiger partial charge is 0.264 e. The number of carbonyl (C=O) groups is 1. The van der Waals surface area contributed by atoms with Crippen LogP contribution >= 0.6 is 0 Å². The first-order valence-corrected chi connectivity index (χ1v) is 8.20. The van der Waals surface area contributed by atoms with E-state index in [2.05, 4.69) is 20.5 Å². The van der Waals surface area contributed by atoms with E-state index < -0.39 is 0 Å². The summed E-state index contributed by atoms with van der Waals surface area (Å²) in [6.45, 7) is 0.991. The second kappa shape index (κ2) is 8.39. The lowest BCUT2D eigenvalue weighted by Crippen LogP contribution is -2.52. The number of nitrogens with one attached hydrogen (secondary N) is 2. The Bertz CT molecular complexity index is 729. The third kappa shape index (κ3) is 5.12. The molecule has 0 aliphatic carbocycles. The molecule has 8 nitrogen and oxygen atoms in total. The maximum atomic E-state index is 12.2. The second-order valence-electron chi connectivity index (χ2n) is 5.77. The van der Waals surface area contributed by atoms with Crippen molar-refractivity contribution in [2.45, 2.75) is 31.4 Å². The minimum absolute atomic E-state index is 0.113. The van der Waals surface area contributed by atoms with E-state index in [0.717, 1.165) is 0 Å². The molecule has 8 heteroatoms. The molecule has 2 N–H and O–H groups in total. The highest BCUT2D eigenvalue weighted by molar-refractivity contribution is 5.76. The van der Waals surface area contributed by atoms with Gasteiger partial charge in [-0.2, -0.15) is 5.10 Å². The monoisotopic (exact) mass is 344 g/mol. The van der Waals surface area contributed by atoms with E-state index in [4.69, 9.17) is 9.47 Å². The van der Waals surface area contributed by atoms with E-state index in [9.17, 15) is 9.59 Å². The second-order valence-corrected chi connectivity index (χ2v) is 5.77. The molecule has 1 fully saturated rings. The van der Waals surface area contributed by atoms with E-state index in [1.807, 2.05) is 12.1 Å². The predicted molar refractivity (Wildman–Crippen MR) is 89.2 cm³/mol. The number of carbonyl (C=O) groups excluding carboxylic acids is 1. The molecule has 0 spiro atoms. The zero-order chi connectivity index (χ0) is 17.5. The summed E-state index contributed by atoms with van der Waals surface area (Å²) < 4.78 is 11.3. The van der Waals surface area contributed by atoms with Gasteiger partial charge in [0.2, 0.25) is 11.8 Å². The Morgan fingerprint density at radius 2 is 2.28 bits per heavy atom. The molecule has 3 rings (SSSR count). The highest BCUT2D eigenvalue weighted by atomic mass is 16.5. The topological polar surface area (TPSA) is 106 Å². The van der Waals surface area contributed by atoms with Crippen molar-refractivity contribution in [1.82, 2.24) is 20.5 Å². The highest BCUT2D eigenvalue weighted by Crippen LogP contribution is 2.16. The maximum Gasteiger partial charge on any atom is 0.264 e. The minimum atomic E-state index is -0.262. The van der Waals surface area contributed by atoms with Crippen molar-refractivity contribution < 1.29 is 14.3 Å². The molecule has 0 radical (unpaired) electrons. The summed E-state index contributed by atoms with van der Waals surface area (Å²) in [4.78, 5) is 27.3. The van der Waals surface area contributed by atoms with Crippen LogP contribution in [0.4, 0.5) is 0 Å². The number of ether oxygens (including phenoxy) is 2. The molecule has 1 amide bonds. The lowest BCUT2D eigenvalue weighted by Gasteiger charge is -2.32. The summed E-state index contributed by atoms with van der Waals surface area (Å²) in [5.74, 6) is 0.421. The van der Waals surface area contributed by atoms with Crippen LogP contribution in [0.5, 0.6) is 5.88 Å².